The summed E-state index contributed by atoms with van der Waals surface area (Å²) in [5.74, 6) is 0.646. The zero-order valence-electron chi connectivity index (χ0n) is 29.3. The lowest BCUT2D eigenvalue weighted by molar-refractivity contribution is 1.01. The van der Waals surface area contributed by atoms with Gasteiger partial charge in [0.25, 0.3) is 0 Å². The van der Waals surface area contributed by atoms with Crippen molar-refractivity contribution >= 4 is 54.5 Å². The normalized spacial score (nSPS) is 11.7. The first-order chi connectivity index (χ1) is 26.8. The molecule has 0 saturated heterocycles. The zero-order chi connectivity index (χ0) is 35.6. The van der Waals surface area contributed by atoms with Crippen molar-refractivity contribution in [3.63, 3.8) is 0 Å². The minimum atomic E-state index is 0.646. The Bertz CT molecular complexity index is 3140. The van der Waals surface area contributed by atoms with Crippen molar-refractivity contribution in [1.29, 1.82) is 0 Å². The van der Waals surface area contributed by atoms with Crippen LogP contribution in [0.3, 0.4) is 0 Å². The van der Waals surface area contributed by atoms with Crippen LogP contribution in [0.1, 0.15) is 0 Å². The second kappa shape index (κ2) is 12.1. The second-order valence-corrected chi connectivity index (χ2v) is 13.8. The summed E-state index contributed by atoms with van der Waals surface area (Å²) >= 11 is 0. The van der Waals surface area contributed by atoms with Gasteiger partial charge < -0.3 is 4.57 Å². The largest absolute Gasteiger partial charge is 0.309 e. The van der Waals surface area contributed by atoms with Crippen LogP contribution in [-0.2, 0) is 0 Å². The highest BCUT2D eigenvalue weighted by Crippen LogP contribution is 2.38. The fraction of sp³-hybridized carbons (Fsp3) is 0. The van der Waals surface area contributed by atoms with Gasteiger partial charge in [-0.1, -0.05) is 146 Å². The molecule has 0 N–H and O–H groups in total. The maximum atomic E-state index is 5.45. The number of nitrogens with zero attached hydrogens (tertiary/aromatic N) is 4. The van der Waals surface area contributed by atoms with E-state index in [4.69, 9.17) is 9.97 Å². The summed E-state index contributed by atoms with van der Waals surface area (Å²) in [4.78, 5) is 10.8. The van der Waals surface area contributed by atoms with Gasteiger partial charge in [-0.2, -0.15) is 0 Å². The van der Waals surface area contributed by atoms with Gasteiger partial charge in [0.05, 0.1) is 33.3 Å². The number of hydrogen-bond donors (Lipinski definition) is 0. The molecular weight excluding hydrogens is 657 g/mol. The van der Waals surface area contributed by atoms with Gasteiger partial charge in [-0.25, -0.2) is 9.97 Å². The monoisotopic (exact) mass is 688 g/mol. The van der Waals surface area contributed by atoms with Crippen LogP contribution in [0.15, 0.2) is 194 Å². The predicted octanol–water partition coefficient (Wildman–Crippen LogP) is 12.8. The van der Waals surface area contributed by atoms with E-state index in [0.717, 1.165) is 60.8 Å². The maximum absolute atomic E-state index is 5.45. The topological polar surface area (TPSA) is 35.6 Å². The van der Waals surface area contributed by atoms with Crippen LogP contribution in [0.2, 0.25) is 0 Å². The molecule has 8 aromatic carbocycles. The van der Waals surface area contributed by atoms with E-state index in [9.17, 15) is 0 Å². The fourth-order valence-electron chi connectivity index (χ4n) is 8.21. The van der Waals surface area contributed by atoms with Gasteiger partial charge >= 0.3 is 0 Å². The lowest BCUT2D eigenvalue weighted by Gasteiger charge is -2.14. The van der Waals surface area contributed by atoms with Crippen LogP contribution < -0.4 is 0 Å². The Kier molecular flexibility index (Phi) is 6.82. The molecule has 0 unspecified atom stereocenters. The predicted molar refractivity (Wildman–Crippen MR) is 225 cm³/mol. The molecule has 0 bridgehead atoms. The molecule has 4 nitrogen and oxygen atoms in total. The van der Waals surface area contributed by atoms with Gasteiger partial charge in [0, 0.05) is 38.2 Å². The van der Waals surface area contributed by atoms with E-state index in [2.05, 4.69) is 203 Å². The van der Waals surface area contributed by atoms with E-state index in [-0.39, 0.29) is 0 Å². The highest BCUT2D eigenvalue weighted by Gasteiger charge is 2.20. The number of benzene rings is 8. The fourth-order valence-corrected chi connectivity index (χ4v) is 8.21. The molecule has 0 fully saturated rings. The molecule has 11 aromatic rings. The van der Waals surface area contributed by atoms with Gasteiger partial charge in [-0.3, -0.25) is 4.57 Å². The van der Waals surface area contributed by atoms with Crippen molar-refractivity contribution in [2.45, 2.75) is 0 Å². The third-order valence-electron chi connectivity index (χ3n) is 10.8. The van der Waals surface area contributed by atoms with Crippen molar-refractivity contribution in [3.05, 3.63) is 194 Å². The number of aromatic nitrogens is 4. The third-order valence-corrected chi connectivity index (χ3v) is 10.8. The van der Waals surface area contributed by atoms with Crippen LogP contribution >= 0.6 is 0 Å². The Morgan fingerprint density at radius 1 is 0.296 bits per heavy atom. The highest BCUT2D eigenvalue weighted by atomic mass is 15.2. The molecule has 0 aliphatic rings. The lowest BCUT2D eigenvalue weighted by Crippen LogP contribution is -2.04. The van der Waals surface area contributed by atoms with Crippen molar-refractivity contribution in [2.24, 2.45) is 0 Å². The minimum absolute atomic E-state index is 0.646. The molecule has 3 heterocycles. The molecular formula is C50H32N4. The van der Waals surface area contributed by atoms with Crippen molar-refractivity contribution in [1.82, 2.24) is 19.1 Å². The summed E-state index contributed by atoms with van der Waals surface area (Å²) in [6.07, 6.45) is 0. The van der Waals surface area contributed by atoms with E-state index in [1.54, 1.807) is 0 Å². The van der Waals surface area contributed by atoms with Crippen LogP contribution in [0.25, 0.3) is 99.7 Å². The summed E-state index contributed by atoms with van der Waals surface area (Å²) < 4.78 is 4.61. The molecule has 3 aromatic heterocycles. The molecule has 0 spiro atoms. The number of rotatable bonds is 5. The molecule has 54 heavy (non-hydrogen) atoms. The number of hydrogen-bond acceptors (Lipinski definition) is 2. The molecule has 0 amide bonds. The average Bonchev–Trinajstić information content (AvgIpc) is 3.76. The van der Waals surface area contributed by atoms with Crippen molar-refractivity contribution in [3.8, 4) is 45.1 Å². The highest BCUT2D eigenvalue weighted by molar-refractivity contribution is 6.12. The first-order valence-electron chi connectivity index (χ1n) is 18.3. The molecule has 0 radical (unpaired) electrons. The first kappa shape index (κ1) is 30.3. The molecule has 0 atom stereocenters. The van der Waals surface area contributed by atoms with Crippen LogP contribution in [-0.4, -0.2) is 19.1 Å². The average molecular weight is 689 g/mol. The molecule has 4 heteroatoms. The first-order valence-corrected chi connectivity index (χ1v) is 18.3. The van der Waals surface area contributed by atoms with E-state index in [0.29, 0.717) is 5.95 Å². The Morgan fingerprint density at radius 2 is 0.778 bits per heavy atom. The van der Waals surface area contributed by atoms with Gasteiger partial charge in [0.1, 0.15) is 0 Å². The van der Waals surface area contributed by atoms with Gasteiger partial charge in [0.15, 0.2) is 0 Å². The summed E-state index contributed by atoms with van der Waals surface area (Å²) in [5.41, 5.74) is 13.1. The lowest BCUT2D eigenvalue weighted by atomic mass is 9.98. The molecule has 0 aliphatic carbocycles. The third kappa shape index (κ3) is 4.78. The maximum Gasteiger partial charge on any atom is 0.235 e. The van der Waals surface area contributed by atoms with Gasteiger partial charge in [-0.05, 0) is 70.8 Å². The van der Waals surface area contributed by atoms with Crippen LogP contribution in [0.4, 0.5) is 0 Å². The molecule has 11 rings (SSSR count). The zero-order valence-corrected chi connectivity index (χ0v) is 29.3. The Balaban J connectivity index is 1.14. The van der Waals surface area contributed by atoms with E-state index >= 15 is 0 Å². The smallest absolute Gasteiger partial charge is 0.235 e. The van der Waals surface area contributed by atoms with Crippen LogP contribution in [0.5, 0.6) is 0 Å². The minimum Gasteiger partial charge on any atom is -0.309 e. The summed E-state index contributed by atoms with van der Waals surface area (Å²) in [5, 5.41) is 5.83. The molecule has 0 saturated carbocycles. The van der Waals surface area contributed by atoms with E-state index in [1.807, 2.05) is 0 Å². The quantitative estimate of drug-likeness (QED) is 0.180. The Labute approximate surface area is 311 Å². The van der Waals surface area contributed by atoms with E-state index < -0.39 is 0 Å². The molecule has 252 valence electrons. The standard InChI is InChI=1S/C50H32N4/c1-3-13-33(14-4-1)35-23-25-36(26-24-35)49-43-31-37(34-15-5-2-6-16-34)27-29-44(43)51-50(52-49)54-47-22-12-9-19-41(47)42-32-38(28-30-48(42)54)53-45-20-10-7-17-39(45)40-18-8-11-21-46(40)53/h1-32H. The SMILES string of the molecule is c1ccc(-c2ccc(-c3nc(-n4c5ccccc5c5cc(-n6c7ccccc7c7ccccc76)ccc54)nc4ccc(-c5ccccc5)cc34)cc2)cc1. The van der Waals surface area contributed by atoms with Gasteiger partial charge in [0.2, 0.25) is 5.95 Å². The van der Waals surface area contributed by atoms with E-state index in [1.165, 1.54) is 32.9 Å². The van der Waals surface area contributed by atoms with Crippen LogP contribution in [0, 0.1) is 0 Å². The summed E-state index contributed by atoms with van der Waals surface area (Å²) in [6.45, 7) is 0. The van der Waals surface area contributed by atoms with Crippen molar-refractivity contribution in [2.75, 3.05) is 0 Å². The summed E-state index contributed by atoms with van der Waals surface area (Å²) in [7, 11) is 0. The Hall–Kier alpha value is -7.30. The Morgan fingerprint density at radius 3 is 1.43 bits per heavy atom. The van der Waals surface area contributed by atoms with Crippen molar-refractivity contribution < 1.29 is 0 Å². The number of fused-ring (bicyclic) bond motifs is 7. The summed E-state index contributed by atoms with van der Waals surface area (Å²) in [6, 6.07) is 69.0. The second-order valence-electron chi connectivity index (χ2n) is 13.8. The number of para-hydroxylation sites is 3. The van der Waals surface area contributed by atoms with Gasteiger partial charge in [-0.15, -0.1) is 0 Å². The molecule has 0 aliphatic heterocycles.